The number of benzene rings is 1. The van der Waals surface area contributed by atoms with Crippen LogP contribution >= 0.6 is 0 Å². The Labute approximate surface area is 236 Å². The minimum atomic E-state index is -1.14. The van der Waals surface area contributed by atoms with Gasteiger partial charge in [-0.05, 0) is 56.8 Å². The molecule has 0 aromatic heterocycles. The lowest BCUT2D eigenvalue weighted by atomic mass is 9.74. The molecular weight excluding hydrogens is 508 g/mol. The van der Waals surface area contributed by atoms with Gasteiger partial charge in [0.1, 0.15) is 17.4 Å². The molecule has 3 saturated heterocycles. The number of ether oxygens (including phenoxy) is 2. The topological polar surface area (TPSA) is 100 Å². The molecule has 7 atom stereocenters. The summed E-state index contributed by atoms with van der Waals surface area (Å²) in [5, 5.41) is 6.29. The van der Waals surface area contributed by atoms with Crippen molar-refractivity contribution in [3.05, 3.63) is 36.4 Å². The molecule has 1 spiro atoms. The Morgan fingerprint density at radius 1 is 1.07 bits per heavy atom. The Morgan fingerprint density at radius 3 is 2.65 bits per heavy atom. The summed E-state index contributed by atoms with van der Waals surface area (Å²) in [5.41, 5.74) is -0.541. The van der Waals surface area contributed by atoms with Crippen LogP contribution in [0.25, 0.3) is 0 Å². The van der Waals surface area contributed by atoms with Crippen LogP contribution in [0.1, 0.15) is 51.9 Å². The molecule has 1 aromatic rings. The highest BCUT2D eigenvalue weighted by molar-refractivity contribution is 6.02. The highest BCUT2D eigenvalue weighted by atomic mass is 16.5. The van der Waals surface area contributed by atoms with Crippen molar-refractivity contribution in [1.29, 1.82) is 0 Å². The highest BCUT2D eigenvalue weighted by Crippen LogP contribution is 2.55. The fraction of sp³-hybridized carbons (Fsp3) is 0.645. The van der Waals surface area contributed by atoms with Crippen LogP contribution < -0.4 is 15.4 Å². The summed E-state index contributed by atoms with van der Waals surface area (Å²) in [6, 6.07) is 6.46. The number of nitrogens with zero attached hydrogens (tertiary/aromatic N) is 2. The van der Waals surface area contributed by atoms with Crippen molar-refractivity contribution in [2.24, 2.45) is 17.8 Å². The molecule has 0 unspecified atom stereocenters. The third-order valence-corrected chi connectivity index (χ3v) is 9.81. The first kappa shape index (κ1) is 27.3. The fourth-order valence-corrected chi connectivity index (χ4v) is 7.66. The van der Waals surface area contributed by atoms with Gasteiger partial charge in [-0.25, -0.2) is 0 Å². The Hall–Kier alpha value is -2.91. The Balaban J connectivity index is 1.27. The molecule has 1 saturated carbocycles. The molecular formula is C31H42N4O5. The fourth-order valence-electron chi connectivity index (χ4n) is 7.66. The number of likely N-dealkylation sites (tertiary alicyclic amines) is 2. The van der Waals surface area contributed by atoms with Crippen molar-refractivity contribution < 1.29 is 23.9 Å². The SMILES string of the molecule is COc1cccc(NC(=O)[C@H]2[C@H]3C=C[C@@]4(O3)[C@H]2C(=O)N(CCN2CCCCC2)[C@@H]4C(=O)N[C@H]2CCCC[C@@H]2C)c1. The predicted molar refractivity (Wildman–Crippen MR) is 151 cm³/mol. The van der Waals surface area contributed by atoms with Crippen LogP contribution in [0.5, 0.6) is 5.75 Å². The number of carbonyl (C=O) groups excluding carboxylic acids is 3. The monoisotopic (exact) mass is 550 g/mol. The van der Waals surface area contributed by atoms with Gasteiger partial charge in [0.2, 0.25) is 17.7 Å². The van der Waals surface area contributed by atoms with Crippen molar-refractivity contribution in [3.8, 4) is 5.75 Å². The zero-order chi connectivity index (χ0) is 27.9. The normalized spacial score (nSPS) is 35.0. The lowest BCUT2D eigenvalue weighted by molar-refractivity contribution is -0.141. The van der Waals surface area contributed by atoms with Crippen LogP contribution in [-0.4, -0.2) is 84.6 Å². The average molecular weight is 551 g/mol. The van der Waals surface area contributed by atoms with Crippen molar-refractivity contribution >= 4 is 23.4 Å². The molecule has 4 fully saturated rings. The zero-order valence-corrected chi connectivity index (χ0v) is 23.6. The number of methoxy groups -OCH3 is 1. The highest BCUT2D eigenvalue weighted by Gasteiger charge is 2.72. The van der Waals surface area contributed by atoms with Crippen molar-refractivity contribution in [2.45, 2.75) is 75.7 Å². The van der Waals surface area contributed by atoms with Gasteiger partial charge in [0.15, 0.2) is 0 Å². The van der Waals surface area contributed by atoms with E-state index < -0.39 is 29.6 Å². The first-order chi connectivity index (χ1) is 19.4. The molecule has 0 radical (unpaired) electrons. The molecule has 9 nitrogen and oxygen atoms in total. The molecule has 1 aromatic carbocycles. The summed E-state index contributed by atoms with van der Waals surface area (Å²) in [6.07, 6.45) is 11.1. The molecule has 5 aliphatic rings. The number of carbonyl (C=O) groups is 3. The predicted octanol–water partition coefficient (Wildman–Crippen LogP) is 2.97. The molecule has 40 heavy (non-hydrogen) atoms. The maximum Gasteiger partial charge on any atom is 0.246 e. The number of rotatable bonds is 8. The van der Waals surface area contributed by atoms with Gasteiger partial charge < -0.3 is 29.9 Å². The van der Waals surface area contributed by atoms with E-state index in [0.717, 1.165) is 45.2 Å². The molecule has 4 aliphatic heterocycles. The zero-order valence-electron chi connectivity index (χ0n) is 23.6. The summed E-state index contributed by atoms with van der Waals surface area (Å²) in [5.74, 6) is -1.03. The van der Waals surface area contributed by atoms with E-state index in [-0.39, 0.29) is 23.8 Å². The van der Waals surface area contributed by atoms with Crippen LogP contribution in [-0.2, 0) is 19.1 Å². The van der Waals surface area contributed by atoms with Crippen LogP contribution in [0.15, 0.2) is 36.4 Å². The third kappa shape index (κ3) is 4.81. The summed E-state index contributed by atoms with van der Waals surface area (Å²) in [7, 11) is 1.58. The van der Waals surface area contributed by atoms with Crippen molar-refractivity contribution in [1.82, 2.24) is 15.1 Å². The van der Waals surface area contributed by atoms with Crippen molar-refractivity contribution in [3.63, 3.8) is 0 Å². The lowest BCUT2D eigenvalue weighted by Crippen LogP contribution is -2.58. The van der Waals surface area contributed by atoms with Crippen LogP contribution in [0.3, 0.4) is 0 Å². The summed E-state index contributed by atoms with van der Waals surface area (Å²) >= 11 is 0. The molecule has 2 bridgehead atoms. The number of piperidine rings is 1. The Morgan fingerprint density at radius 2 is 1.88 bits per heavy atom. The number of hydrogen-bond donors (Lipinski definition) is 2. The largest absolute Gasteiger partial charge is 0.497 e. The average Bonchev–Trinajstić information content (AvgIpc) is 3.61. The maximum absolute atomic E-state index is 14.2. The van der Waals surface area contributed by atoms with Gasteiger partial charge in [-0.15, -0.1) is 0 Å². The lowest BCUT2D eigenvalue weighted by Gasteiger charge is -2.36. The van der Waals surface area contributed by atoms with E-state index in [1.54, 1.807) is 24.1 Å². The molecule has 6 rings (SSSR count). The van der Waals surface area contributed by atoms with E-state index in [0.29, 0.717) is 30.4 Å². The van der Waals surface area contributed by atoms with E-state index in [1.165, 1.54) is 12.8 Å². The van der Waals surface area contributed by atoms with E-state index in [4.69, 9.17) is 9.47 Å². The molecule has 2 N–H and O–H groups in total. The van der Waals surface area contributed by atoms with Gasteiger partial charge in [-0.2, -0.15) is 0 Å². The van der Waals surface area contributed by atoms with E-state index in [1.807, 2.05) is 24.3 Å². The molecule has 9 heteroatoms. The molecule has 1 aliphatic carbocycles. The first-order valence-corrected chi connectivity index (χ1v) is 15.1. The minimum Gasteiger partial charge on any atom is -0.497 e. The van der Waals surface area contributed by atoms with Gasteiger partial charge in [0, 0.05) is 30.9 Å². The van der Waals surface area contributed by atoms with E-state index in [9.17, 15) is 14.4 Å². The minimum absolute atomic E-state index is 0.0884. The number of hydrogen-bond acceptors (Lipinski definition) is 6. The second-order valence-corrected chi connectivity index (χ2v) is 12.2. The number of anilines is 1. The summed E-state index contributed by atoms with van der Waals surface area (Å²) in [6.45, 7) is 5.37. The number of amides is 3. The van der Waals surface area contributed by atoms with Gasteiger partial charge in [0.05, 0.1) is 25.0 Å². The Bertz CT molecular complexity index is 1170. The van der Waals surface area contributed by atoms with Gasteiger partial charge >= 0.3 is 0 Å². The van der Waals surface area contributed by atoms with E-state index >= 15 is 0 Å². The first-order valence-electron chi connectivity index (χ1n) is 15.1. The van der Waals surface area contributed by atoms with Crippen LogP contribution in [0, 0.1) is 17.8 Å². The standard InChI is InChI=1S/C31H42N4O5/c1-20-9-4-5-12-23(20)33-29(37)27-31-14-13-24(40-31)25(28(36)32-21-10-8-11-22(19-21)39-2)26(31)30(38)35(27)18-17-34-15-6-3-7-16-34/h8,10-11,13-14,19-20,23-27H,3-7,9,12,15-18H2,1-2H3,(H,32,36)(H,33,37)/t20-,23-,24+,25-,26+,27+,31+/m0/s1. The Kier molecular flexibility index (Phi) is 7.61. The second kappa shape index (κ2) is 11.2. The third-order valence-electron chi connectivity index (χ3n) is 9.81. The number of fused-ring (bicyclic) bond motifs is 1. The molecule has 4 heterocycles. The second-order valence-electron chi connectivity index (χ2n) is 12.2. The smallest absolute Gasteiger partial charge is 0.246 e. The summed E-state index contributed by atoms with van der Waals surface area (Å²) in [4.78, 5) is 46.1. The number of nitrogens with one attached hydrogen (secondary N) is 2. The van der Waals surface area contributed by atoms with E-state index in [2.05, 4.69) is 22.5 Å². The van der Waals surface area contributed by atoms with Crippen molar-refractivity contribution in [2.75, 3.05) is 38.6 Å². The van der Waals surface area contributed by atoms with Gasteiger partial charge in [0.25, 0.3) is 0 Å². The van der Waals surface area contributed by atoms with Gasteiger partial charge in [-0.3, -0.25) is 14.4 Å². The summed E-state index contributed by atoms with van der Waals surface area (Å²) < 4.78 is 11.8. The molecule has 216 valence electrons. The quantitative estimate of drug-likeness (QED) is 0.483. The van der Waals surface area contributed by atoms with Gasteiger partial charge in [-0.1, -0.05) is 44.4 Å². The van der Waals surface area contributed by atoms with Crippen LogP contribution in [0.4, 0.5) is 5.69 Å². The maximum atomic E-state index is 14.2. The molecule has 3 amide bonds. The van der Waals surface area contributed by atoms with Crippen LogP contribution in [0.2, 0.25) is 0 Å².